The molecular formula is C6H12N2O3. The normalized spacial score (nSPS) is 8.91. The summed E-state index contributed by atoms with van der Waals surface area (Å²) in [5, 5.41) is 2.40. The minimum Gasteiger partial charge on any atom is -0.359 e. The SMILES string of the molecule is CNC(=O)CCC(=O)NOC. The first-order valence-electron chi connectivity index (χ1n) is 3.23. The molecule has 0 heterocycles. The highest BCUT2D eigenvalue weighted by Crippen LogP contribution is 1.87. The van der Waals surface area contributed by atoms with Gasteiger partial charge in [0.1, 0.15) is 0 Å². The number of nitrogens with one attached hydrogen (secondary N) is 2. The van der Waals surface area contributed by atoms with Gasteiger partial charge in [0.2, 0.25) is 11.8 Å². The van der Waals surface area contributed by atoms with E-state index in [-0.39, 0.29) is 24.7 Å². The van der Waals surface area contributed by atoms with E-state index in [1.54, 1.807) is 0 Å². The third-order valence-electron chi connectivity index (χ3n) is 1.07. The van der Waals surface area contributed by atoms with Crippen LogP contribution in [0.25, 0.3) is 0 Å². The Hall–Kier alpha value is -1.10. The number of hydroxylamine groups is 1. The minimum absolute atomic E-state index is 0.146. The van der Waals surface area contributed by atoms with E-state index in [9.17, 15) is 9.59 Å². The van der Waals surface area contributed by atoms with Crippen molar-refractivity contribution in [2.45, 2.75) is 12.8 Å². The van der Waals surface area contributed by atoms with E-state index in [2.05, 4.69) is 15.6 Å². The first-order valence-corrected chi connectivity index (χ1v) is 3.23. The molecular weight excluding hydrogens is 148 g/mol. The topological polar surface area (TPSA) is 67.4 Å². The molecule has 0 saturated carbocycles. The lowest BCUT2D eigenvalue weighted by Crippen LogP contribution is -2.25. The smallest absolute Gasteiger partial charge is 0.244 e. The van der Waals surface area contributed by atoms with Crippen molar-refractivity contribution in [2.24, 2.45) is 0 Å². The molecule has 5 heteroatoms. The fourth-order valence-corrected chi connectivity index (χ4v) is 0.517. The lowest BCUT2D eigenvalue weighted by Gasteiger charge is -2.00. The van der Waals surface area contributed by atoms with Crippen LogP contribution in [-0.2, 0) is 14.4 Å². The Morgan fingerprint density at radius 3 is 2.27 bits per heavy atom. The molecule has 0 aliphatic heterocycles. The maximum absolute atomic E-state index is 10.6. The Bertz CT molecular complexity index is 147. The average Bonchev–Trinajstić information content (AvgIpc) is 2.01. The second-order valence-corrected chi connectivity index (χ2v) is 1.90. The van der Waals surface area contributed by atoms with Crippen molar-refractivity contribution in [2.75, 3.05) is 14.2 Å². The van der Waals surface area contributed by atoms with E-state index in [1.807, 2.05) is 0 Å². The molecule has 2 amide bonds. The monoisotopic (exact) mass is 160 g/mol. The summed E-state index contributed by atoms with van der Waals surface area (Å²) in [6.07, 6.45) is 0.333. The molecule has 0 saturated heterocycles. The quantitative estimate of drug-likeness (QED) is 0.528. The van der Waals surface area contributed by atoms with Crippen LogP contribution in [0.4, 0.5) is 0 Å². The van der Waals surface area contributed by atoms with Crippen LogP contribution < -0.4 is 10.8 Å². The number of rotatable bonds is 4. The maximum Gasteiger partial charge on any atom is 0.244 e. The minimum atomic E-state index is -0.295. The van der Waals surface area contributed by atoms with Crippen molar-refractivity contribution in [3.05, 3.63) is 0 Å². The highest BCUT2D eigenvalue weighted by molar-refractivity contribution is 5.82. The van der Waals surface area contributed by atoms with E-state index in [0.717, 1.165) is 0 Å². The maximum atomic E-state index is 10.6. The van der Waals surface area contributed by atoms with Crippen LogP contribution in [0.3, 0.4) is 0 Å². The number of hydrogen-bond acceptors (Lipinski definition) is 3. The molecule has 0 aliphatic carbocycles. The van der Waals surface area contributed by atoms with Gasteiger partial charge in [0, 0.05) is 19.9 Å². The fraction of sp³-hybridized carbons (Fsp3) is 0.667. The molecule has 64 valence electrons. The number of carbonyl (C=O) groups excluding carboxylic acids is 2. The number of amides is 2. The zero-order valence-electron chi connectivity index (χ0n) is 6.64. The molecule has 0 atom stereocenters. The van der Waals surface area contributed by atoms with Crippen molar-refractivity contribution < 1.29 is 14.4 Å². The lowest BCUT2D eigenvalue weighted by atomic mass is 10.3. The van der Waals surface area contributed by atoms with E-state index in [0.29, 0.717) is 0 Å². The molecule has 5 nitrogen and oxygen atoms in total. The first kappa shape index (κ1) is 9.90. The Labute approximate surface area is 65.1 Å². The summed E-state index contributed by atoms with van der Waals surface area (Å²) in [5.74, 6) is -0.452. The van der Waals surface area contributed by atoms with E-state index >= 15 is 0 Å². The second kappa shape index (κ2) is 5.67. The predicted molar refractivity (Wildman–Crippen MR) is 38.5 cm³/mol. The third kappa shape index (κ3) is 5.35. The molecule has 0 unspecified atom stereocenters. The molecule has 0 aromatic heterocycles. The highest BCUT2D eigenvalue weighted by atomic mass is 16.6. The molecule has 0 rings (SSSR count). The van der Waals surface area contributed by atoms with Gasteiger partial charge in [-0.2, -0.15) is 0 Å². The molecule has 0 spiro atoms. The summed E-state index contributed by atoms with van der Waals surface area (Å²) in [5.41, 5.74) is 2.11. The van der Waals surface area contributed by atoms with Gasteiger partial charge in [-0.25, -0.2) is 5.48 Å². The second-order valence-electron chi connectivity index (χ2n) is 1.90. The van der Waals surface area contributed by atoms with Gasteiger partial charge in [-0.3, -0.25) is 14.4 Å². The van der Waals surface area contributed by atoms with Crippen molar-refractivity contribution in [3.63, 3.8) is 0 Å². The summed E-state index contributed by atoms with van der Waals surface area (Å²) >= 11 is 0. The fourth-order valence-electron chi connectivity index (χ4n) is 0.517. The number of carbonyl (C=O) groups is 2. The molecule has 2 N–H and O–H groups in total. The highest BCUT2D eigenvalue weighted by Gasteiger charge is 2.03. The van der Waals surface area contributed by atoms with E-state index in [1.165, 1.54) is 14.2 Å². The van der Waals surface area contributed by atoms with Crippen LogP contribution in [0.2, 0.25) is 0 Å². The Morgan fingerprint density at radius 1 is 1.27 bits per heavy atom. The van der Waals surface area contributed by atoms with Crippen molar-refractivity contribution >= 4 is 11.8 Å². The molecule has 11 heavy (non-hydrogen) atoms. The molecule has 0 aromatic carbocycles. The van der Waals surface area contributed by atoms with Gasteiger partial charge in [-0.1, -0.05) is 0 Å². The molecule has 0 bridgehead atoms. The van der Waals surface area contributed by atoms with Crippen molar-refractivity contribution in [1.29, 1.82) is 0 Å². The van der Waals surface area contributed by atoms with Crippen LogP contribution in [0.15, 0.2) is 0 Å². The lowest BCUT2D eigenvalue weighted by molar-refractivity contribution is -0.133. The summed E-state index contributed by atoms with van der Waals surface area (Å²) in [6.45, 7) is 0. The molecule has 0 aromatic rings. The number of hydrogen-bond donors (Lipinski definition) is 2. The summed E-state index contributed by atoms with van der Waals surface area (Å²) in [7, 11) is 2.87. The van der Waals surface area contributed by atoms with Gasteiger partial charge in [0.15, 0.2) is 0 Å². The summed E-state index contributed by atoms with van der Waals surface area (Å²) in [4.78, 5) is 25.6. The van der Waals surface area contributed by atoms with E-state index in [4.69, 9.17) is 0 Å². The zero-order valence-corrected chi connectivity index (χ0v) is 6.64. The van der Waals surface area contributed by atoms with Crippen LogP contribution in [-0.4, -0.2) is 26.0 Å². The van der Waals surface area contributed by atoms with Crippen LogP contribution in [0.1, 0.15) is 12.8 Å². The van der Waals surface area contributed by atoms with Gasteiger partial charge in [0.25, 0.3) is 0 Å². The van der Waals surface area contributed by atoms with Gasteiger partial charge >= 0.3 is 0 Å². The predicted octanol–water partition coefficient (Wildman–Crippen LogP) is -0.810. The van der Waals surface area contributed by atoms with Gasteiger partial charge < -0.3 is 5.32 Å². The van der Waals surface area contributed by atoms with E-state index < -0.39 is 0 Å². The van der Waals surface area contributed by atoms with Crippen molar-refractivity contribution in [1.82, 2.24) is 10.8 Å². The standard InChI is InChI=1S/C6H12N2O3/c1-7-5(9)3-4-6(10)8-11-2/h3-4H2,1-2H3,(H,7,9)(H,8,10). The van der Waals surface area contributed by atoms with Gasteiger partial charge in [-0.05, 0) is 0 Å². The van der Waals surface area contributed by atoms with Crippen molar-refractivity contribution in [3.8, 4) is 0 Å². The van der Waals surface area contributed by atoms with Crippen LogP contribution in [0.5, 0.6) is 0 Å². The Morgan fingerprint density at radius 2 is 1.82 bits per heavy atom. The largest absolute Gasteiger partial charge is 0.359 e. The average molecular weight is 160 g/mol. The molecule has 0 aliphatic rings. The summed E-state index contributed by atoms with van der Waals surface area (Å²) in [6, 6.07) is 0. The van der Waals surface area contributed by atoms with Gasteiger partial charge in [0.05, 0.1) is 7.11 Å². The molecule has 0 radical (unpaired) electrons. The van der Waals surface area contributed by atoms with Crippen LogP contribution in [0, 0.1) is 0 Å². The summed E-state index contributed by atoms with van der Waals surface area (Å²) < 4.78 is 0. The third-order valence-corrected chi connectivity index (χ3v) is 1.07. The first-order chi connectivity index (χ1) is 5.20. The van der Waals surface area contributed by atoms with Gasteiger partial charge in [-0.15, -0.1) is 0 Å². The Balaban J connectivity index is 3.38. The zero-order chi connectivity index (χ0) is 8.69. The Kier molecular flexibility index (Phi) is 5.10. The molecule has 0 fully saturated rings. The van der Waals surface area contributed by atoms with Crippen LogP contribution >= 0.6 is 0 Å².